The molecule has 0 saturated heterocycles. The van der Waals surface area contributed by atoms with Crippen LogP contribution in [0.2, 0.25) is 0 Å². The van der Waals surface area contributed by atoms with E-state index in [0.717, 1.165) is 5.75 Å². The van der Waals surface area contributed by atoms with Gasteiger partial charge in [-0.3, -0.25) is 9.59 Å². The van der Waals surface area contributed by atoms with Crippen LogP contribution in [0.15, 0.2) is 0 Å². The molecule has 0 aromatic heterocycles. The molecule has 0 aliphatic rings. The van der Waals surface area contributed by atoms with Crippen LogP contribution < -0.4 is 10.6 Å². The summed E-state index contributed by atoms with van der Waals surface area (Å²) in [6.07, 6.45) is -0.841. The third kappa shape index (κ3) is 10.6. The first kappa shape index (κ1) is 20.2. The molecular weight excluding hydrogens is 288 g/mol. The van der Waals surface area contributed by atoms with E-state index in [1.165, 1.54) is 0 Å². The number of rotatable bonds is 7. The summed E-state index contributed by atoms with van der Waals surface area (Å²) in [5.74, 6) is 0.346. The van der Waals surface area contributed by atoms with Crippen LogP contribution in [0.1, 0.15) is 48.0 Å². The molecule has 0 fully saturated rings. The third-order valence-electron chi connectivity index (χ3n) is 2.68. The van der Waals surface area contributed by atoms with Crippen LogP contribution in [0.4, 0.5) is 0 Å². The summed E-state index contributed by atoms with van der Waals surface area (Å²) in [5.41, 5.74) is -0.503. The molecule has 0 heterocycles. The molecule has 0 aliphatic heterocycles. The number of nitrogens with one attached hydrogen (secondary N) is 2. The number of aliphatic hydroxyl groups is 1. The van der Waals surface area contributed by atoms with Gasteiger partial charge in [0.15, 0.2) is 0 Å². The second-order valence-electron chi connectivity index (χ2n) is 7.12. The van der Waals surface area contributed by atoms with Crippen molar-refractivity contribution in [2.45, 2.75) is 58.8 Å². The summed E-state index contributed by atoms with van der Waals surface area (Å²) in [7, 11) is 0. The van der Waals surface area contributed by atoms with E-state index in [0.29, 0.717) is 6.54 Å². The van der Waals surface area contributed by atoms with Crippen LogP contribution in [0.3, 0.4) is 0 Å². The zero-order valence-corrected chi connectivity index (χ0v) is 14.9. The van der Waals surface area contributed by atoms with Crippen molar-refractivity contribution in [3.8, 4) is 0 Å². The second kappa shape index (κ2) is 8.63. The number of thioether (sulfide) groups is 1. The monoisotopic (exact) mass is 318 g/mol. The summed E-state index contributed by atoms with van der Waals surface area (Å²) >= 11 is 1.79. The van der Waals surface area contributed by atoms with E-state index in [4.69, 9.17) is 0 Å². The molecule has 1 atom stereocenters. The average molecular weight is 318 g/mol. The van der Waals surface area contributed by atoms with E-state index in [-0.39, 0.29) is 23.6 Å². The van der Waals surface area contributed by atoms with E-state index in [1.807, 2.05) is 0 Å². The molecule has 0 aromatic carbocycles. The molecule has 124 valence electrons. The Morgan fingerprint density at radius 2 is 1.62 bits per heavy atom. The van der Waals surface area contributed by atoms with Gasteiger partial charge in [0.05, 0.1) is 0 Å². The first-order chi connectivity index (χ1) is 9.43. The topological polar surface area (TPSA) is 78.4 Å². The van der Waals surface area contributed by atoms with Gasteiger partial charge in [-0.2, -0.15) is 11.8 Å². The van der Waals surface area contributed by atoms with Gasteiger partial charge in [0.25, 0.3) is 0 Å². The molecule has 1 unspecified atom stereocenters. The van der Waals surface area contributed by atoms with E-state index < -0.39 is 17.4 Å². The maximum Gasteiger partial charge on any atom is 0.249 e. The van der Waals surface area contributed by atoms with Gasteiger partial charge in [-0.05, 0) is 5.41 Å². The van der Waals surface area contributed by atoms with Gasteiger partial charge in [0.1, 0.15) is 6.10 Å². The third-order valence-corrected chi connectivity index (χ3v) is 3.95. The lowest BCUT2D eigenvalue weighted by atomic mass is 9.89. The molecule has 21 heavy (non-hydrogen) atoms. The fourth-order valence-corrected chi connectivity index (χ4v) is 2.24. The molecule has 0 saturated carbocycles. The number of aliphatic hydroxyl groups excluding tert-OH is 1. The normalized spacial score (nSPS) is 13.7. The van der Waals surface area contributed by atoms with Crippen molar-refractivity contribution in [2.75, 3.05) is 18.8 Å². The summed E-state index contributed by atoms with van der Waals surface area (Å²) in [4.78, 5) is 23.2. The van der Waals surface area contributed by atoms with Crippen molar-refractivity contribution in [3.05, 3.63) is 0 Å². The molecule has 6 heteroatoms. The van der Waals surface area contributed by atoms with E-state index >= 15 is 0 Å². The first-order valence-corrected chi connectivity index (χ1v) is 8.28. The summed E-state index contributed by atoms with van der Waals surface area (Å²) in [5, 5.41) is 15.1. The van der Waals surface area contributed by atoms with Crippen molar-refractivity contribution in [1.29, 1.82) is 0 Å². The fourth-order valence-electron chi connectivity index (χ4n) is 1.43. The van der Waals surface area contributed by atoms with Crippen molar-refractivity contribution in [1.82, 2.24) is 10.6 Å². The second-order valence-corrected chi connectivity index (χ2v) is 9.04. The molecule has 5 nitrogen and oxygen atoms in total. The van der Waals surface area contributed by atoms with Crippen LogP contribution in [0.25, 0.3) is 0 Å². The molecular formula is C15H30N2O3S. The molecule has 2 amide bonds. The number of carbonyl (C=O) groups excluding carboxylic acids is 2. The Balaban J connectivity index is 3.78. The molecule has 0 bridgehead atoms. The molecule has 0 spiro atoms. The number of carbonyl (C=O) groups is 2. The van der Waals surface area contributed by atoms with Crippen molar-refractivity contribution in [3.63, 3.8) is 0 Å². The van der Waals surface area contributed by atoms with Gasteiger partial charge in [-0.25, -0.2) is 0 Å². The van der Waals surface area contributed by atoms with Crippen LogP contribution >= 0.6 is 11.8 Å². The number of amides is 2. The highest BCUT2D eigenvalue weighted by atomic mass is 32.2. The van der Waals surface area contributed by atoms with Crippen molar-refractivity contribution < 1.29 is 14.7 Å². The Morgan fingerprint density at radius 3 is 2.10 bits per heavy atom. The maximum absolute atomic E-state index is 11.6. The Morgan fingerprint density at radius 1 is 1.05 bits per heavy atom. The summed E-state index contributed by atoms with van der Waals surface area (Å²) in [6.45, 7) is 12.6. The average Bonchev–Trinajstić information content (AvgIpc) is 2.31. The van der Waals surface area contributed by atoms with Crippen LogP contribution in [0.5, 0.6) is 0 Å². The minimum atomic E-state index is -1.07. The fraction of sp³-hybridized carbons (Fsp3) is 0.867. The minimum absolute atomic E-state index is 0.0879. The lowest BCUT2D eigenvalue weighted by molar-refractivity contribution is -0.134. The van der Waals surface area contributed by atoms with Gasteiger partial charge < -0.3 is 15.7 Å². The van der Waals surface area contributed by atoms with Crippen LogP contribution in [-0.2, 0) is 9.59 Å². The molecule has 0 aliphatic carbocycles. The lowest BCUT2D eigenvalue weighted by Gasteiger charge is -2.24. The predicted octanol–water partition coefficient (Wildman–Crippen LogP) is 1.55. The van der Waals surface area contributed by atoms with Crippen molar-refractivity contribution >= 4 is 23.6 Å². The summed E-state index contributed by atoms with van der Waals surface area (Å²) < 4.78 is 0.196. The van der Waals surface area contributed by atoms with Crippen molar-refractivity contribution in [2.24, 2.45) is 5.41 Å². The Hall–Kier alpha value is -0.750. The first-order valence-electron chi connectivity index (χ1n) is 7.30. The molecule has 0 rings (SSSR count). The highest BCUT2D eigenvalue weighted by Gasteiger charge is 2.28. The van der Waals surface area contributed by atoms with Crippen LogP contribution in [0, 0.1) is 5.41 Å². The SMILES string of the molecule is CC(C)(C)SCCNC(=O)CCNC(=O)C(O)C(C)(C)C. The van der Waals surface area contributed by atoms with Gasteiger partial charge in [-0.1, -0.05) is 41.5 Å². The summed E-state index contributed by atoms with van der Waals surface area (Å²) in [6, 6.07) is 0. The lowest BCUT2D eigenvalue weighted by Crippen LogP contribution is -2.43. The standard InChI is InChI=1S/C15H30N2O3S/c1-14(2,3)12(19)13(20)17-8-7-11(18)16-9-10-21-15(4,5)6/h12,19H,7-10H2,1-6H3,(H,16,18)(H,17,20). The molecule has 0 aromatic rings. The van der Waals surface area contributed by atoms with Gasteiger partial charge in [0, 0.05) is 30.0 Å². The molecule has 0 radical (unpaired) electrons. The minimum Gasteiger partial charge on any atom is -0.383 e. The highest BCUT2D eigenvalue weighted by molar-refractivity contribution is 8.00. The maximum atomic E-state index is 11.6. The van der Waals surface area contributed by atoms with Gasteiger partial charge >= 0.3 is 0 Å². The quantitative estimate of drug-likeness (QED) is 0.622. The van der Waals surface area contributed by atoms with Crippen LogP contribution in [-0.4, -0.2) is 46.6 Å². The van der Waals surface area contributed by atoms with Gasteiger partial charge in [0.2, 0.25) is 11.8 Å². The Labute approximate surface area is 132 Å². The highest BCUT2D eigenvalue weighted by Crippen LogP contribution is 2.22. The van der Waals surface area contributed by atoms with E-state index in [9.17, 15) is 14.7 Å². The zero-order valence-electron chi connectivity index (χ0n) is 14.1. The molecule has 3 N–H and O–H groups in total. The number of hydrogen-bond acceptors (Lipinski definition) is 4. The van der Waals surface area contributed by atoms with Gasteiger partial charge in [-0.15, -0.1) is 0 Å². The largest absolute Gasteiger partial charge is 0.383 e. The van der Waals surface area contributed by atoms with E-state index in [1.54, 1.807) is 32.5 Å². The Kier molecular flexibility index (Phi) is 8.33. The smallest absolute Gasteiger partial charge is 0.249 e. The predicted molar refractivity (Wildman–Crippen MR) is 88.3 cm³/mol. The zero-order chi connectivity index (χ0) is 16.7. The Bertz CT molecular complexity index is 346. The van der Waals surface area contributed by atoms with E-state index in [2.05, 4.69) is 31.4 Å². The number of hydrogen-bond donors (Lipinski definition) is 3.